The van der Waals surface area contributed by atoms with Gasteiger partial charge in [-0.3, -0.25) is 25.2 Å². The number of hydrogen-bond acceptors (Lipinski definition) is 4. The number of likely N-dealkylation sites (tertiary alicyclic amines) is 1. The Balaban J connectivity index is 1.31. The fourth-order valence-corrected chi connectivity index (χ4v) is 5.49. The molecule has 164 valence electrons. The molecular weight excluding hydrogens is 434 g/mol. The van der Waals surface area contributed by atoms with Crippen molar-refractivity contribution in [2.75, 3.05) is 13.1 Å². The Morgan fingerprint density at radius 2 is 1.77 bits per heavy atom. The molecule has 0 radical (unpaired) electrons. The predicted octanol–water partition coefficient (Wildman–Crippen LogP) is 3.98. The monoisotopic (exact) mass is 459 g/mol. The third-order valence-electron chi connectivity index (χ3n) is 5.94. The maximum absolute atomic E-state index is 12.7. The summed E-state index contributed by atoms with van der Waals surface area (Å²) in [6, 6.07) is 8.71. The minimum atomic E-state index is -0.356. The first-order valence-electron chi connectivity index (χ1n) is 10.8. The van der Waals surface area contributed by atoms with E-state index < -0.39 is 0 Å². The number of rotatable bonds is 3. The lowest BCUT2D eigenvalue weighted by Gasteiger charge is -2.32. The molecule has 1 aliphatic carbocycles. The molecule has 0 spiro atoms. The Bertz CT molecular complexity index is 949. The number of aryl methyl sites for hydroxylation is 2. The maximum Gasteiger partial charge on any atom is 0.279 e. The SMILES string of the molecule is O=C(NNC(=O)C1CCCN(C(=O)c2ccc(Cl)cc2)C1)c1cc2c(s1)CCCCC2. The third kappa shape index (κ3) is 5.28. The van der Waals surface area contributed by atoms with Crippen LogP contribution in [-0.4, -0.2) is 35.7 Å². The Labute approximate surface area is 190 Å². The number of thiophene rings is 1. The van der Waals surface area contributed by atoms with E-state index in [0.717, 1.165) is 32.1 Å². The molecule has 0 bridgehead atoms. The summed E-state index contributed by atoms with van der Waals surface area (Å²) in [4.78, 5) is 41.5. The van der Waals surface area contributed by atoms with Gasteiger partial charge in [-0.05, 0) is 74.4 Å². The van der Waals surface area contributed by atoms with Crippen LogP contribution in [0.25, 0.3) is 0 Å². The molecule has 6 nitrogen and oxygen atoms in total. The van der Waals surface area contributed by atoms with E-state index in [1.165, 1.54) is 28.2 Å². The van der Waals surface area contributed by atoms with Crippen molar-refractivity contribution in [3.05, 3.63) is 56.2 Å². The zero-order valence-corrected chi connectivity index (χ0v) is 18.9. The standard InChI is InChI=1S/C23H26ClN3O3S/c24-18-10-8-15(9-11-18)23(30)27-12-4-6-17(14-27)21(28)25-26-22(29)20-13-16-5-2-1-3-7-19(16)31-20/h8-11,13,17H,1-7,12,14H2,(H,25,28)(H,26,29). The molecule has 1 saturated heterocycles. The molecule has 0 saturated carbocycles. The summed E-state index contributed by atoms with van der Waals surface area (Å²) < 4.78 is 0. The van der Waals surface area contributed by atoms with Crippen LogP contribution in [0.4, 0.5) is 0 Å². The topological polar surface area (TPSA) is 78.5 Å². The highest BCUT2D eigenvalue weighted by Crippen LogP contribution is 2.29. The summed E-state index contributed by atoms with van der Waals surface area (Å²) in [5, 5.41) is 0.574. The molecule has 2 aliphatic rings. The van der Waals surface area contributed by atoms with Gasteiger partial charge in [-0.2, -0.15) is 0 Å². The molecule has 1 fully saturated rings. The second-order valence-electron chi connectivity index (χ2n) is 8.16. The summed E-state index contributed by atoms with van der Waals surface area (Å²) in [7, 11) is 0. The van der Waals surface area contributed by atoms with Gasteiger partial charge in [0.25, 0.3) is 11.8 Å². The molecule has 31 heavy (non-hydrogen) atoms. The van der Waals surface area contributed by atoms with E-state index in [1.807, 2.05) is 6.07 Å². The lowest BCUT2D eigenvalue weighted by molar-refractivity contribution is -0.127. The summed E-state index contributed by atoms with van der Waals surface area (Å²) in [6.07, 6.45) is 7.03. The molecule has 8 heteroatoms. The lowest BCUT2D eigenvalue weighted by atomic mass is 9.96. The normalized spacial score (nSPS) is 18.6. The largest absolute Gasteiger partial charge is 0.338 e. The second kappa shape index (κ2) is 9.83. The Kier molecular flexibility index (Phi) is 6.92. The number of fused-ring (bicyclic) bond motifs is 1. The number of nitrogens with one attached hydrogen (secondary N) is 2. The average Bonchev–Trinajstić information content (AvgIpc) is 3.07. The van der Waals surface area contributed by atoms with Crippen LogP contribution in [0, 0.1) is 5.92 Å². The lowest BCUT2D eigenvalue weighted by Crippen LogP contribution is -2.50. The van der Waals surface area contributed by atoms with Gasteiger partial charge in [0.15, 0.2) is 0 Å². The Morgan fingerprint density at radius 1 is 1.00 bits per heavy atom. The van der Waals surface area contributed by atoms with Crippen molar-refractivity contribution >= 4 is 40.7 Å². The highest BCUT2D eigenvalue weighted by Gasteiger charge is 2.29. The van der Waals surface area contributed by atoms with Crippen molar-refractivity contribution in [1.29, 1.82) is 0 Å². The average molecular weight is 460 g/mol. The van der Waals surface area contributed by atoms with Crippen molar-refractivity contribution in [1.82, 2.24) is 15.8 Å². The summed E-state index contributed by atoms with van der Waals surface area (Å²) in [5.74, 6) is -1.01. The summed E-state index contributed by atoms with van der Waals surface area (Å²) in [6.45, 7) is 0.939. The van der Waals surface area contributed by atoms with Crippen LogP contribution < -0.4 is 10.9 Å². The molecule has 1 atom stereocenters. The van der Waals surface area contributed by atoms with Crippen molar-refractivity contribution in [3.8, 4) is 0 Å². The van der Waals surface area contributed by atoms with E-state index in [0.29, 0.717) is 35.0 Å². The molecule has 2 aromatic rings. The molecule has 2 heterocycles. The number of carbonyl (C=O) groups is 3. The van der Waals surface area contributed by atoms with Gasteiger partial charge in [0.05, 0.1) is 10.8 Å². The number of carbonyl (C=O) groups excluding carboxylic acids is 3. The van der Waals surface area contributed by atoms with Crippen LogP contribution in [0.15, 0.2) is 30.3 Å². The molecule has 4 rings (SSSR count). The van der Waals surface area contributed by atoms with Gasteiger partial charge >= 0.3 is 0 Å². The molecule has 1 aromatic heterocycles. The fourth-order valence-electron chi connectivity index (χ4n) is 4.21. The van der Waals surface area contributed by atoms with Crippen molar-refractivity contribution < 1.29 is 14.4 Å². The van der Waals surface area contributed by atoms with Crippen LogP contribution in [0.1, 0.15) is 62.6 Å². The zero-order chi connectivity index (χ0) is 21.8. The van der Waals surface area contributed by atoms with E-state index in [4.69, 9.17) is 11.6 Å². The van der Waals surface area contributed by atoms with E-state index >= 15 is 0 Å². The number of amides is 3. The van der Waals surface area contributed by atoms with Gasteiger partial charge < -0.3 is 4.90 Å². The van der Waals surface area contributed by atoms with Crippen LogP contribution in [0.3, 0.4) is 0 Å². The number of piperidine rings is 1. The van der Waals surface area contributed by atoms with E-state index in [-0.39, 0.29) is 23.6 Å². The Morgan fingerprint density at radius 3 is 2.58 bits per heavy atom. The number of hydrazine groups is 1. The molecular formula is C23H26ClN3O3S. The fraction of sp³-hybridized carbons (Fsp3) is 0.435. The number of benzene rings is 1. The first kappa shape index (κ1) is 21.8. The van der Waals surface area contributed by atoms with Crippen LogP contribution in [0.2, 0.25) is 5.02 Å². The minimum absolute atomic E-state index is 0.113. The van der Waals surface area contributed by atoms with Crippen LogP contribution >= 0.6 is 22.9 Å². The third-order valence-corrected chi connectivity index (χ3v) is 7.43. The first-order chi connectivity index (χ1) is 15.0. The van der Waals surface area contributed by atoms with E-state index in [1.54, 1.807) is 29.2 Å². The van der Waals surface area contributed by atoms with Gasteiger partial charge in [-0.15, -0.1) is 11.3 Å². The van der Waals surface area contributed by atoms with Gasteiger partial charge in [0.1, 0.15) is 0 Å². The zero-order valence-electron chi connectivity index (χ0n) is 17.3. The first-order valence-corrected chi connectivity index (χ1v) is 12.0. The van der Waals surface area contributed by atoms with Crippen LogP contribution in [-0.2, 0) is 17.6 Å². The van der Waals surface area contributed by atoms with Crippen molar-refractivity contribution in [2.24, 2.45) is 5.92 Å². The number of nitrogens with zero attached hydrogens (tertiary/aromatic N) is 1. The molecule has 1 aliphatic heterocycles. The predicted molar refractivity (Wildman–Crippen MR) is 121 cm³/mol. The smallest absolute Gasteiger partial charge is 0.279 e. The molecule has 2 N–H and O–H groups in total. The molecule has 3 amide bonds. The minimum Gasteiger partial charge on any atom is -0.338 e. The van der Waals surface area contributed by atoms with E-state index in [9.17, 15) is 14.4 Å². The van der Waals surface area contributed by atoms with Gasteiger partial charge in [-0.1, -0.05) is 18.0 Å². The van der Waals surface area contributed by atoms with Crippen molar-refractivity contribution in [2.45, 2.75) is 44.9 Å². The van der Waals surface area contributed by atoms with Crippen LogP contribution in [0.5, 0.6) is 0 Å². The summed E-state index contributed by atoms with van der Waals surface area (Å²) in [5.41, 5.74) is 6.94. The van der Waals surface area contributed by atoms with Crippen molar-refractivity contribution in [3.63, 3.8) is 0 Å². The molecule has 1 unspecified atom stereocenters. The number of hydrogen-bond donors (Lipinski definition) is 2. The van der Waals surface area contributed by atoms with Gasteiger partial charge in [0.2, 0.25) is 5.91 Å². The highest BCUT2D eigenvalue weighted by atomic mass is 35.5. The Hall–Kier alpha value is -2.38. The highest BCUT2D eigenvalue weighted by molar-refractivity contribution is 7.14. The quantitative estimate of drug-likeness (QED) is 0.538. The number of halogens is 1. The van der Waals surface area contributed by atoms with E-state index in [2.05, 4.69) is 10.9 Å². The van der Waals surface area contributed by atoms with Gasteiger partial charge in [0, 0.05) is 28.6 Å². The molecule has 1 aromatic carbocycles. The van der Waals surface area contributed by atoms with Gasteiger partial charge in [-0.25, -0.2) is 0 Å². The maximum atomic E-state index is 12.7. The second-order valence-corrected chi connectivity index (χ2v) is 9.73. The summed E-state index contributed by atoms with van der Waals surface area (Å²) >= 11 is 7.42.